The number of ether oxygens (including phenoxy) is 2. The number of aliphatic hydroxyl groups is 1. The number of esters is 1. The van der Waals surface area contributed by atoms with Gasteiger partial charge in [-0.1, -0.05) is 13.0 Å². The number of hydrogen-bond acceptors (Lipinski definition) is 5. The van der Waals surface area contributed by atoms with Gasteiger partial charge < -0.3 is 14.6 Å². The molecule has 0 aliphatic carbocycles. The number of carbonyl (C=O) groups excluding carboxylic acids is 1. The van der Waals surface area contributed by atoms with E-state index in [1.54, 1.807) is 0 Å². The van der Waals surface area contributed by atoms with E-state index in [2.05, 4.69) is 4.90 Å². The van der Waals surface area contributed by atoms with E-state index < -0.39 is 0 Å². The molecule has 1 fully saturated rings. The maximum atomic E-state index is 11.5. The molecule has 0 bridgehead atoms. The second-order valence-corrected chi connectivity index (χ2v) is 5.45. The maximum absolute atomic E-state index is 11.5. The van der Waals surface area contributed by atoms with Crippen LogP contribution in [0.2, 0.25) is 0 Å². The van der Waals surface area contributed by atoms with Crippen molar-refractivity contribution in [1.29, 1.82) is 0 Å². The summed E-state index contributed by atoms with van der Waals surface area (Å²) >= 11 is 0. The van der Waals surface area contributed by atoms with Crippen molar-refractivity contribution in [2.24, 2.45) is 0 Å². The zero-order chi connectivity index (χ0) is 14.5. The summed E-state index contributed by atoms with van der Waals surface area (Å²) in [7, 11) is 1.39. The zero-order valence-corrected chi connectivity index (χ0v) is 12.3. The Labute approximate surface area is 115 Å². The largest absolute Gasteiger partial charge is 0.466 e. The van der Waals surface area contributed by atoms with E-state index in [1.165, 1.54) is 7.11 Å². The molecule has 1 aliphatic rings. The molecule has 5 heteroatoms. The third kappa shape index (κ3) is 4.93. The van der Waals surface area contributed by atoms with Crippen LogP contribution in [0.3, 0.4) is 0 Å². The molecule has 19 heavy (non-hydrogen) atoms. The van der Waals surface area contributed by atoms with Crippen molar-refractivity contribution < 1.29 is 19.4 Å². The first kappa shape index (κ1) is 16.1. The number of rotatable bonds is 5. The fourth-order valence-electron chi connectivity index (χ4n) is 2.39. The third-order valence-corrected chi connectivity index (χ3v) is 3.18. The first-order valence-corrected chi connectivity index (χ1v) is 6.70. The monoisotopic (exact) mass is 271 g/mol. The standard InChI is InChI=1S/C14H25NO4/c1-5-11(13(17)18-4)6-7-15-8-12(9-16)19-14(2,3)10-15/h6,12,16H,5,7-10H2,1-4H3. The Bertz CT molecular complexity index is 338. The van der Waals surface area contributed by atoms with Crippen molar-refractivity contribution in [2.75, 3.05) is 33.4 Å². The molecular weight excluding hydrogens is 246 g/mol. The van der Waals surface area contributed by atoms with Crippen LogP contribution < -0.4 is 0 Å². The summed E-state index contributed by atoms with van der Waals surface area (Å²) in [5, 5.41) is 9.25. The van der Waals surface area contributed by atoms with Gasteiger partial charge in [0.2, 0.25) is 0 Å². The SMILES string of the molecule is CCC(=CCN1CC(CO)OC(C)(C)C1)C(=O)OC. The molecule has 0 aromatic heterocycles. The average molecular weight is 271 g/mol. The molecule has 0 radical (unpaired) electrons. The Morgan fingerprint density at radius 2 is 2.26 bits per heavy atom. The van der Waals surface area contributed by atoms with E-state index in [-0.39, 0.29) is 24.3 Å². The summed E-state index contributed by atoms with van der Waals surface area (Å²) in [4.78, 5) is 13.7. The van der Waals surface area contributed by atoms with E-state index >= 15 is 0 Å². The maximum Gasteiger partial charge on any atom is 0.333 e. The smallest absolute Gasteiger partial charge is 0.333 e. The highest BCUT2D eigenvalue weighted by atomic mass is 16.5. The number of methoxy groups -OCH3 is 1. The normalized spacial score (nSPS) is 24.3. The van der Waals surface area contributed by atoms with Crippen molar-refractivity contribution >= 4 is 5.97 Å². The minimum absolute atomic E-state index is 0.0152. The van der Waals surface area contributed by atoms with Crippen LogP contribution in [0.15, 0.2) is 11.6 Å². The van der Waals surface area contributed by atoms with E-state index in [1.807, 2.05) is 26.8 Å². The van der Waals surface area contributed by atoms with E-state index in [0.29, 0.717) is 25.1 Å². The Hall–Kier alpha value is -0.910. The van der Waals surface area contributed by atoms with Gasteiger partial charge >= 0.3 is 5.97 Å². The van der Waals surface area contributed by atoms with Crippen molar-refractivity contribution in [1.82, 2.24) is 4.90 Å². The highest BCUT2D eigenvalue weighted by Crippen LogP contribution is 2.20. The Balaban J connectivity index is 2.65. The molecule has 0 amide bonds. The number of nitrogens with zero attached hydrogens (tertiary/aromatic N) is 1. The fraction of sp³-hybridized carbons (Fsp3) is 0.786. The molecule has 0 saturated carbocycles. The number of morpholine rings is 1. The number of carbonyl (C=O) groups is 1. The van der Waals surface area contributed by atoms with Gasteiger partial charge in [0.15, 0.2) is 0 Å². The predicted octanol–water partition coefficient (Wildman–Crippen LogP) is 0.967. The van der Waals surface area contributed by atoms with Crippen molar-refractivity contribution in [2.45, 2.75) is 38.9 Å². The van der Waals surface area contributed by atoms with Crippen LogP contribution in [-0.4, -0.2) is 61.0 Å². The molecule has 0 spiro atoms. The molecule has 5 nitrogen and oxygen atoms in total. The molecule has 1 unspecified atom stereocenters. The van der Waals surface area contributed by atoms with Gasteiger partial charge in [-0.2, -0.15) is 0 Å². The van der Waals surface area contributed by atoms with E-state index in [9.17, 15) is 9.90 Å². The second-order valence-electron chi connectivity index (χ2n) is 5.45. The first-order chi connectivity index (χ1) is 8.91. The van der Waals surface area contributed by atoms with Crippen LogP contribution in [0.1, 0.15) is 27.2 Å². The summed E-state index contributed by atoms with van der Waals surface area (Å²) in [5.74, 6) is -0.270. The Morgan fingerprint density at radius 1 is 1.58 bits per heavy atom. The van der Waals surface area contributed by atoms with Gasteiger partial charge in [0.05, 0.1) is 25.4 Å². The van der Waals surface area contributed by atoms with Crippen molar-refractivity contribution in [3.05, 3.63) is 11.6 Å². The van der Waals surface area contributed by atoms with Crippen molar-refractivity contribution in [3.8, 4) is 0 Å². The van der Waals surface area contributed by atoms with Crippen LogP contribution in [0, 0.1) is 0 Å². The van der Waals surface area contributed by atoms with Gasteiger partial charge in [-0.3, -0.25) is 4.90 Å². The predicted molar refractivity (Wildman–Crippen MR) is 72.9 cm³/mol. The number of hydrogen-bond donors (Lipinski definition) is 1. The minimum atomic E-state index is -0.281. The lowest BCUT2D eigenvalue weighted by Gasteiger charge is -2.42. The summed E-state index contributed by atoms with van der Waals surface area (Å²) in [5.41, 5.74) is 0.407. The Morgan fingerprint density at radius 3 is 2.79 bits per heavy atom. The van der Waals surface area contributed by atoms with Gasteiger partial charge in [-0.15, -0.1) is 0 Å². The fourth-order valence-corrected chi connectivity index (χ4v) is 2.39. The lowest BCUT2D eigenvalue weighted by molar-refractivity contribution is -0.146. The molecule has 1 aliphatic heterocycles. The topological polar surface area (TPSA) is 59.0 Å². The molecule has 0 aromatic rings. The summed E-state index contributed by atoms with van der Waals surface area (Å²) in [6.07, 6.45) is 2.39. The molecule has 1 saturated heterocycles. The van der Waals surface area contributed by atoms with Gasteiger partial charge in [-0.25, -0.2) is 4.79 Å². The number of aliphatic hydroxyl groups excluding tert-OH is 1. The summed E-state index contributed by atoms with van der Waals surface area (Å²) in [6, 6.07) is 0. The van der Waals surface area contributed by atoms with Gasteiger partial charge in [0.25, 0.3) is 0 Å². The van der Waals surface area contributed by atoms with Gasteiger partial charge in [0, 0.05) is 25.2 Å². The quantitative estimate of drug-likeness (QED) is 0.596. The lowest BCUT2D eigenvalue weighted by atomic mass is 10.0. The molecule has 1 N–H and O–H groups in total. The molecule has 1 atom stereocenters. The first-order valence-electron chi connectivity index (χ1n) is 6.70. The highest BCUT2D eigenvalue weighted by Gasteiger charge is 2.32. The molecular formula is C14H25NO4. The van der Waals surface area contributed by atoms with E-state index in [0.717, 1.165) is 6.54 Å². The summed E-state index contributed by atoms with van der Waals surface area (Å²) < 4.78 is 10.5. The zero-order valence-electron chi connectivity index (χ0n) is 12.3. The minimum Gasteiger partial charge on any atom is -0.466 e. The van der Waals surface area contributed by atoms with Crippen LogP contribution in [0.25, 0.3) is 0 Å². The van der Waals surface area contributed by atoms with Gasteiger partial charge in [-0.05, 0) is 20.3 Å². The van der Waals surface area contributed by atoms with Gasteiger partial charge in [0.1, 0.15) is 0 Å². The second kappa shape index (κ2) is 7.03. The molecule has 0 aromatic carbocycles. The van der Waals surface area contributed by atoms with Crippen LogP contribution in [0.5, 0.6) is 0 Å². The molecule has 110 valence electrons. The molecule has 1 rings (SSSR count). The highest BCUT2D eigenvalue weighted by molar-refractivity contribution is 5.88. The molecule has 1 heterocycles. The van der Waals surface area contributed by atoms with Crippen LogP contribution >= 0.6 is 0 Å². The van der Waals surface area contributed by atoms with E-state index in [4.69, 9.17) is 9.47 Å². The average Bonchev–Trinajstić information content (AvgIpc) is 2.37. The summed E-state index contributed by atoms with van der Waals surface area (Å²) in [6.45, 7) is 8.08. The van der Waals surface area contributed by atoms with Crippen LogP contribution in [0.4, 0.5) is 0 Å². The Kier molecular flexibility index (Phi) is 5.97. The lowest BCUT2D eigenvalue weighted by Crippen LogP contribution is -2.53. The third-order valence-electron chi connectivity index (χ3n) is 3.18. The van der Waals surface area contributed by atoms with Crippen molar-refractivity contribution in [3.63, 3.8) is 0 Å². The van der Waals surface area contributed by atoms with Crippen LogP contribution in [-0.2, 0) is 14.3 Å².